The predicted molar refractivity (Wildman–Crippen MR) is 116 cm³/mol. The summed E-state index contributed by atoms with van der Waals surface area (Å²) in [5, 5.41) is 3.17. The number of thioether (sulfide) groups is 2. The highest BCUT2D eigenvalue weighted by Gasteiger charge is 2.18. The maximum Gasteiger partial charge on any atom is 0.161 e. The van der Waals surface area contributed by atoms with Crippen molar-refractivity contribution >= 4 is 34.9 Å². The van der Waals surface area contributed by atoms with Crippen LogP contribution in [-0.4, -0.2) is 29.7 Å². The van der Waals surface area contributed by atoms with Gasteiger partial charge in [-0.15, -0.1) is 34.9 Å². The van der Waals surface area contributed by atoms with Crippen LogP contribution in [0.5, 0.6) is 11.5 Å². The van der Waals surface area contributed by atoms with Gasteiger partial charge in [0.25, 0.3) is 0 Å². The maximum absolute atomic E-state index is 5.81. The van der Waals surface area contributed by atoms with Crippen molar-refractivity contribution in [2.24, 2.45) is 0 Å². The van der Waals surface area contributed by atoms with Crippen LogP contribution in [0.25, 0.3) is 21.8 Å². The van der Waals surface area contributed by atoms with E-state index in [1.54, 1.807) is 11.3 Å². The molecule has 3 aromatic rings. The molecule has 3 nitrogen and oxygen atoms in total. The first kappa shape index (κ1) is 17.5. The van der Waals surface area contributed by atoms with Gasteiger partial charge in [0.15, 0.2) is 11.5 Å². The predicted octanol–water partition coefficient (Wildman–Crippen LogP) is 6.12. The Balaban J connectivity index is 1.39. The molecule has 6 heteroatoms. The third-order valence-electron chi connectivity index (χ3n) is 4.60. The molecule has 5 rings (SSSR count). The summed E-state index contributed by atoms with van der Waals surface area (Å²) in [5.41, 5.74) is 4.64. The van der Waals surface area contributed by atoms with Crippen LogP contribution in [0.15, 0.2) is 47.8 Å². The number of aromatic nitrogens is 1. The van der Waals surface area contributed by atoms with Gasteiger partial charge >= 0.3 is 0 Å². The highest BCUT2D eigenvalue weighted by atomic mass is 32.2. The fraction of sp³-hybridized carbons (Fsp3) is 0.286. The summed E-state index contributed by atoms with van der Waals surface area (Å²) in [6.45, 7) is 1.41. The Morgan fingerprint density at radius 1 is 0.852 bits per heavy atom. The lowest BCUT2D eigenvalue weighted by atomic mass is 10.1. The minimum Gasteiger partial charge on any atom is -0.490 e. The van der Waals surface area contributed by atoms with Crippen LogP contribution in [0.1, 0.15) is 16.6 Å². The van der Waals surface area contributed by atoms with Crippen LogP contribution in [-0.2, 0) is 0 Å². The third-order valence-corrected chi connectivity index (χ3v) is 8.59. The van der Waals surface area contributed by atoms with Crippen molar-refractivity contribution in [3.8, 4) is 33.3 Å². The summed E-state index contributed by atoms with van der Waals surface area (Å²) in [6.07, 6.45) is 0.915. The Labute approximate surface area is 171 Å². The van der Waals surface area contributed by atoms with E-state index >= 15 is 0 Å². The molecule has 0 atom stereocenters. The molecule has 0 aliphatic carbocycles. The molecule has 0 amide bonds. The normalized spacial score (nSPS) is 17.0. The molecule has 2 aliphatic heterocycles. The lowest BCUT2D eigenvalue weighted by Gasteiger charge is -2.08. The molecule has 2 aromatic carbocycles. The van der Waals surface area contributed by atoms with Gasteiger partial charge in [-0.3, -0.25) is 0 Å². The smallest absolute Gasteiger partial charge is 0.161 e. The summed E-state index contributed by atoms with van der Waals surface area (Å²) in [4.78, 5) is 4.86. The zero-order valence-electron chi connectivity index (χ0n) is 14.7. The summed E-state index contributed by atoms with van der Waals surface area (Å²) >= 11 is 5.76. The van der Waals surface area contributed by atoms with Gasteiger partial charge in [0.1, 0.15) is 5.01 Å². The van der Waals surface area contributed by atoms with E-state index in [1.165, 1.54) is 22.6 Å². The van der Waals surface area contributed by atoms with Crippen molar-refractivity contribution in [3.63, 3.8) is 0 Å². The van der Waals surface area contributed by atoms with Crippen LogP contribution < -0.4 is 9.47 Å². The zero-order chi connectivity index (χ0) is 18.1. The molecule has 0 spiro atoms. The number of fused-ring (bicyclic) bond motifs is 1. The fourth-order valence-corrected chi connectivity index (χ4v) is 6.89. The van der Waals surface area contributed by atoms with E-state index in [-0.39, 0.29) is 0 Å². The zero-order valence-corrected chi connectivity index (χ0v) is 17.2. The molecule has 138 valence electrons. The van der Waals surface area contributed by atoms with Crippen LogP contribution in [0.3, 0.4) is 0 Å². The average Bonchev–Trinajstić information content (AvgIpc) is 3.36. The Bertz CT molecular complexity index is 933. The molecule has 2 aliphatic rings. The quantitative estimate of drug-likeness (QED) is 0.516. The Morgan fingerprint density at radius 2 is 1.59 bits per heavy atom. The Morgan fingerprint density at radius 3 is 2.41 bits per heavy atom. The standard InChI is InChI=1S/C21H19NO2S3/c1-8-23-18-7-6-16(12-19(18)24-9-1)17-13-27-20(22-17)14-2-4-15(5-3-14)21-25-10-11-26-21/h2-7,12-13,21H,1,8-11H2. The maximum atomic E-state index is 5.81. The molecule has 1 saturated heterocycles. The van der Waals surface area contributed by atoms with Crippen molar-refractivity contribution in [2.45, 2.75) is 11.0 Å². The lowest BCUT2D eigenvalue weighted by molar-refractivity contribution is 0.297. The molecule has 0 saturated carbocycles. The minimum atomic E-state index is 0.590. The van der Waals surface area contributed by atoms with Crippen molar-refractivity contribution in [1.82, 2.24) is 4.98 Å². The molecular weight excluding hydrogens is 394 g/mol. The molecule has 3 heterocycles. The van der Waals surface area contributed by atoms with Crippen LogP contribution in [0.2, 0.25) is 0 Å². The summed E-state index contributed by atoms with van der Waals surface area (Å²) in [7, 11) is 0. The third kappa shape index (κ3) is 3.71. The molecule has 0 radical (unpaired) electrons. The number of rotatable bonds is 3. The van der Waals surface area contributed by atoms with Gasteiger partial charge in [-0.1, -0.05) is 24.3 Å². The molecule has 1 aromatic heterocycles. The topological polar surface area (TPSA) is 31.4 Å². The highest BCUT2D eigenvalue weighted by molar-refractivity contribution is 8.19. The minimum absolute atomic E-state index is 0.590. The van der Waals surface area contributed by atoms with Crippen LogP contribution in [0, 0.1) is 0 Å². The van der Waals surface area contributed by atoms with Gasteiger partial charge in [0.2, 0.25) is 0 Å². The van der Waals surface area contributed by atoms with E-state index in [4.69, 9.17) is 14.5 Å². The fourth-order valence-electron chi connectivity index (χ4n) is 3.20. The Kier molecular flexibility index (Phi) is 5.03. The van der Waals surface area contributed by atoms with E-state index in [0.29, 0.717) is 17.8 Å². The highest BCUT2D eigenvalue weighted by Crippen LogP contribution is 2.45. The van der Waals surface area contributed by atoms with Gasteiger partial charge in [0, 0.05) is 34.4 Å². The second kappa shape index (κ2) is 7.78. The van der Waals surface area contributed by atoms with E-state index in [1.807, 2.05) is 35.7 Å². The van der Waals surface area contributed by atoms with E-state index in [9.17, 15) is 0 Å². The molecule has 0 unspecified atom stereocenters. The first-order valence-electron chi connectivity index (χ1n) is 9.06. The van der Waals surface area contributed by atoms with E-state index < -0.39 is 0 Å². The number of thiazole rings is 1. The number of nitrogens with zero attached hydrogens (tertiary/aromatic N) is 1. The SMILES string of the molecule is c1cc2c(cc1-c1csc(-c3ccc(C4SCCS4)cc3)n1)OCCCO2. The lowest BCUT2D eigenvalue weighted by Crippen LogP contribution is -1.97. The Hall–Kier alpha value is -1.63. The van der Waals surface area contributed by atoms with E-state index in [2.05, 4.69) is 35.7 Å². The monoisotopic (exact) mass is 413 g/mol. The molecule has 0 bridgehead atoms. The largest absolute Gasteiger partial charge is 0.490 e. The van der Waals surface area contributed by atoms with Gasteiger partial charge in [-0.05, 0) is 23.8 Å². The first-order valence-corrected chi connectivity index (χ1v) is 12.0. The van der Waals surface area contributed by atoms with Crippen molar-refractivity contribution in [1.29, 1.82) is 0 Å². The molecular formula is C21H19NO2S3. The molecule has 0 N–H and O–H groups in total. The average molecular weight is 414 g/mol. The first-order chi connectivity index (χ1) is 13.4. The number of ether oxygens (including phenoxy) is 2. The second-order valence-electron chi connectivity index (χ2n) is 6.45. The van der Waals surface area contributed by atoms with Crippen molar-refractivity contribution in [3.05, 3.63) is 53.4 Å². The second-order valence-corrected chi connectivity index (χ2v) is 10.0. The number of hydrogen-bond donors (Lipinski definition) is 0. The van der Waals surface area contributed by atoms with E-state index in [0.717, 1.165) is 34.2 Å². The molecule has 1 fully saturated rings. The van der Waals surface area contributed by atoms with Crippen LogP contribution in [0.4, 0.5) is 0 Å². The van der Waals surface area contributed by atoms with Crippen LogP contribution >= 0.6 is 34.9 Å². The number of hydrogen-bond acceptors (Lipinski definition) is 6. The van der Waals surface area contributed by atoms with Gasteiger partial charge in [0.05, 0.1) is 23.5 Å². The van der Waals surface area contributed by atoms with Crippen molar-refractivity contribution < 1.29 is 9.47 Å². The summed E-state index contributed by atoms with van der Waals surface area (Å²) < 4.78 is 12.1. The van der Waals surface area contributed by atoms with Gasteiger partial charge in [-0.25, -0.2) is 4.98 Å². The number of benzene rings is 2. The van der Waals surface area contributed by atoms with Gasteiger partial charge in [-0.2, -0.15) is 0 Å². The molecule has 27 heavy (non-hydrogen) atoms. The summed E-state index contributed by atoms with van der Waals surface area (Å²) in [5.74, 6) is 4.14. The summed E-state index contributed by atoms with van der Waals surface area (Å²) in [6, 6.07) is 15.0. The van der Waals surface area contributed by atoms with Gasteiger partial charge < -0.3 is 9.47 Å². The van der Waals surface area contributed by atoms with Crippen molar-refractivity contribution in [2.75, 3.05) is 24.7 Å².